The molecule has 1 aromatic carbocycles. The fraction of sp³-hybridized carbons (Fsp3) is 0.444. The lowest BCUT2D eigenvalue weighted by atomic mass is 10.00. The smallest absolute Gasteiger partial charge is 0.227 e. The molecule has 7 heteroatoms. The maximum Gasteiger partial charge on any atom is 0.227 e. The molecule has 0 spiro atoms. The topological polar surface area (TPSA) is 81.1 Å². The monoisotopic (exact) mass is 377 g/mol. The second-order valence-corrected chi connectivity index (χ2v) is 8.34. The van der Waals surface area contributed by atoms with E-state index in [2.05, 4.69) is 21.8 Å². The van der Waals surface area contributed by atoms with Gasteiger partial charge in [0.1, 0.15) is 5.82 Å². The van der Waals surface area contributed by atoms with Gasteiger partial charge in [-0.1, -0.05) is 35.3 Å². The molecule has 2 aromatic rings. The van der Waals surface area contributed by atoms with Crippen LogP contribution in [0.5, 0.6) is 0 Å². The second-order valence-electron chi connectivity index (χ2n) is 7.56. The van der Waals surface area contributed by atoms with Gasteiger partial charge in [0, 0.05) is 36.0 Å². The number of benzene rings is 1. The summed E-state index contributed by atoms with van der Waals surface area (Å²) in [5.74, 6) is 2.31. The number of hydrogen-bond donors (Lipinski definition) is 2. The van der Waals surface area contributed by atoms with Gasteiger partial charge in [0.15, 0.2) is 0 Å². The van der Waals surface area contributed by atoms with Gasteiger partial charge in [-0.05, 0) is 37.7 Å². The van der Waals surface area contributed by atoms with Gasteiger partial charge in [-0.3, -0.25) is 0 Å². The van der Waals surface area contributed by atoms with Crippen LogP contribution in [0, 0.1) is 11.8 Å². The van der Waals surface area contributed by atoms with Crippen molar-refractivity contribution in [3.8, 4) is 11.1 Å². The molecule has 5 nitrogen and oxygen atoms in total. The molecule has 2 fully saturated rings. The Morgan fingerprint density at radius 1 is 1.16 bits per heavy atom. The van der Waals surface area contributed by atoms with Crippen molar-refractivity contribution in [3.05, 3.63) is 34.4 Å². The largest absolute Gasteiger partial charge is 0.383 e. The van der Waals surface area contributed by atoms with Crippen LogP contribution < -0.4 is 16.4 Å². The number of halogens is 2. The summed E-state index contributed by atoms with van der Waals surface area (Å²) in [5, 5.41) is 0.949. The molecule has 0 radical (unpaired) electrons. The lowest BCUT2D eigenvalue weighted by Gasteiger charge is -2.23. The third kappa shape index (κ3) is 3.05. The number of nitrogens with zero attached hydrogens (tertiary/aromatic N) is 3. The van der Waals surface area contributed by atoms with Crippen LogP contribution in [0.3, 0.4) is 0 Å². The van der Waals surface area contributed by atoms with Crippen molar-refractivity contribution in [1.29, 1.82) is 0 Å². The second kappa shape index (κ2) is 6.01. The molecule has 1 saturated carbocycles. The molecule has 1 aliphatic heterocycles. The molecule has 1 aliphatic carbocycles. The third-order valence-electron chi connectivity index (χ3n) is 5.36. The average molecular weight is 378 g/mol. The van der Waals surface area contributed by atoms with E-state index in [1.165, 1.54) is 0 Å². The van der Waals surface area contributed by atoms with Crippen LogP contribution in [0.2, 0.25) is 10.0 Å². The summed E-state index contributed by atoms with van der Waals surface area (Å²) in [4.78, 5) is 11.3. The van der Waals surface area contributed by atoms with Crippen molar-refractivity contribution in [2.45, 2.75) is 25.3 Å². The molecule has 3 atom stereocenters. The minimum absolute atomic E-state index is 0.0332. The fourth-order valence-electron chi connectivity index (χ4n) is 4.30. The Morgan fingerprint density at radius 3 is 2.48 bits per heavy atom. The van der Waals surface area contributed by atoms with E-state index in [-0.39, 0.29) is 5.54 Å². The van der Waals surface area contributed by atoms with Crippen LogP contribution in [0.4, 0.5) is 11.8 Å². The van der Waals surface area contributed by atoms with Crippen molar-refractivity contribution in [2.75, 3.05) is 23.7 Å². The maximum absolute atomic E-state index is 6.29. The first-order valence-electron chi connectivity index (χ1n) is 8.45. The van der Waals surface area contributed by atoms with Gasteiger partial charge in [0.05, 0.1) is 10.0 Å². The van der Waals surface area contributed by atoms with E-state index in [9.17, 15) is 0 Å². The summed E-state index contributed by atoms with van der Waals surface area (Å²) in [7, 11) is 0. The average Bonchev–Trinajstić information content (AvgIpc) is 3.04. The first-order chi connectivity index (χ1) is 11.8. The van der Waals surface area contributed by atoms with Crippen molar-refractivity contribution >= 4 is 35.0 Å². The van der Waals surface area contributed by atoms with E-state index < -0.39 is 0 Å². The highest BCUT2D eigenvalue weighted by molar-refractivity contribution is 6.43. The molecule has 2 heterocycles. The Kier molecular flexibility index (Phi) is 4.06. The van der Waals surface area contributed by atoms with Crippen molar-refractivity contribution in [2.24, 2.45) is 17.6 Å². The predicted octanol–water partition coefficient (Wildman–Crippen LogP) is 3.60. The van der Waals surface area contributed by atoms with Gasteiger partial charge < -0.3 is 16.4 Å². The molecule has 4 N–H and O–H groups in total. The highest BCUT2D eigenvalue weighted by atomic mass is 35.5. The summed E-state index contributed by atoms with van der Waals surface area (Å²) in [5.41, 5.74) is 13.9. The molecule has 4 rings (SSSR count). The maximum atomic E-state index is 6.29. The standard InChI is InChI=1S/C18H21Cl2N5/c1-18(22)5-10-8-25(9-11(10)6-18)17-23-7-13(16(21)24-17)12-3-2-4-14(19)15(12)20/h2-4,7,10-11H,5-6,8-9,22H2,1H3,(H2,21,23,24)/t10-,11+,18?. The summed E-state index contributed by atoms with van der Waals surface area (Å²) >= 11 is 12.4. The number of aromatic nitrogens is 2. The van der Waals surface area contributed by atoms with E-state index in [4.69, 9.17) is 34.7 Å². The number of fused-ring (bicyclic) bond motifs is 1. The zero-order chi connectivity index (χ0) is 17.8. The van der Waals surface area contributed by atoms with E-state index in [1.54, 1.807) is 12.3 Å². The summed E-state index contributed by atoms with van der Waals surface area (Å²) in [6, 6.07) is 5.45. The summed E-state index contributed by atoms with van der Waals surface area (Å²) in [6.07, 6.45) is 3.84. The normalized spacial score (nSPS) is 28.4. The van der Waals surface area contributed by atoms with Crippen molar-refractivity contribution in [1.82, 2.24) is 9.97 Å². The van der Waals surface area contributed by atoms with Gasteiger partial charge in [0.25, 0.3) is 0 Å². The number of rotatable bonds is 2. The van der Waals surface area contributed by atoms with Gasteiger partial charge in [0.2, 0.25) is 5.95 Å². The minimum atomic E-state index is -0.0332. The molecule has 0 amide bonds. The zero-order valence-corrected chi connectivity index (χ0v) is 15.6. The quantitative estimate of drug-likeness (QED) is 0.835. The van der Waals surface area contributed by atoms with E-state index in [0.29, 0.717) is 39.2 Å². The fourth-order valence-corrected chi connectivity index (χ4v) is 4.71. The lowest BCUT2D eigenvalue weighted by Crippen LogP contribution is -2.35. The first-order valence-corrected chi connectivity index (χ1v) is 9.20. The van der Waals surface area contributed by atoms with Gasteiger partial charge in [-0.2, -0.15) is 4.98 Å². The van der Waals surface area contributed by atoms with Crippen LogP contribution in [0.15, 0.2) is 24.4 Å². The Hall–Kier alpha value is -1.56. The molecule has 0 bridgehead atoms. The van der Waals surface area contributed by atoms with E-state index >= 15 is 0 Å². The zero-order valence-electron chi connectivity index (χ0n) is 14.0. The minimum Gasteiger partial charge on any atom is -0.383 e. The highest BCUT2D eigenvalue weighted by Crippen LogP contribution is 2.43. The molecule has 25 heavy (non-hydrogen) atoms. The van der Waals surface area contributed by atoms with Crippen LogP contribution in [0.25, 0.3) is 11.1 Å². The Bertz CT molecular complexity index is 807. The van der Waals surface area contributed by atoms with Crippen LogP contribution >= 0.6 is 23.2 Å². The molecule has 132 valence electrons. The Morgan fingerprint density at radius 2 is 1.84 bits per heavy atom. The van der Waals surface area contributed by atoms with Gasteiger partial charge in [-0.25, -0.2) is 4.98 Å². The molecule has 1 saturated heterocycles. The SMILES string of the molecule is CC1(N)C[C@H]2CN(c3ncc(-c4cccc(Cl)c4Cl)c(N)n3)C[C@H]2C1. The molecule has 2 aliphatic rings. The Labute approximate surface area is 157 Å². The predicted molar refractivity (Wildman–Crippen MR) is 103 cm³/mol. The Balaban J connectivity index is 1.58. The van der Waals surface area contributed by atoms with Crippen molar-refractivity contribution < 1.29 is 0 Å². The van der Waals surface area contributed by atoms with Crippen LogP contribution in [-0.4, -0.2) is 28.6 Å². The van der Waals surface area contributed by atoms with E-state index in [0.717, 1.165) is 31.5 Å². The van der Waals surface area contributed by atoms with Gasteiger partial charge in [-0.15, -0.1) is 0 Å². The number of nitrogen functional groups attached to an aromatic ring is 1. The molecular weight excluding hydrogens is 357 g/mol. The highest BCUT2D eigenvalue weighted by Gasteiger charge is 2.45. The summed E-state index contributed by atoms with van der Waals surface area (Å²) < 4.78 is 0. The lowest BCUT2D eigenvalue weighted by molar-refractivity contribution is 0.449. The third-order valence-corrected chi connectivity index (χ3v) is 6.18. The van der Waals surface area contributed by atoms with E-state index in [1.807, 2.05) is 12.1 Å². The van der Waals surface area contributed by atoms with Crippen molar-refractivity contribution in [3.63, 3.8) is 0 Å². The number of nitrogens with two attached hydrogens (primary N) is 2. The number of hydrogen-bond acceptors (Lipinski definition) is 5. The molecule has 1 unspecified atom stereocenters. The molecular formula is C18H21Cl2N5. The molecule has 1 aromatic heterocycles. The number of anilines is 2. The van der Waals surface area contributed by atoms with Crippen LogP contribution in [0.1, 0.15) is 19.8 Å². The van der Waals surface area contributed by atoms with Crippen LogP contribution in [-0.2, 0) is 0 Å². The van der Waals surface area contributed by atoms with Gasteiger partial charge >= 0.3 is 0 Å². The first kappa shape index (κ1) is 16.9. The summed E-state index contributed by atoms with van der Waals surface area (Å²) in [6.45, 7) is 4.02.